The molecule has 0 aliphatic heterocycles. The molecule has 1 aromatic heterocycles. The van der Waals surface area contributed by atoms with Gasteiger partial charge in [-0.3, -0.25) is 4.68 Å². The number of nitrogens with zero attached hydrogens (tertiary/aromatic N) is 2. The van der Waals surface area contributed by atoms with Crippen LogP contribution in [0.3, 0.4) is 0 Å². The quantitative estimate of drug-likeness (QED) is 0.868. The molecule has 0 fully saturated rings. The fourth-order valence-electron chi connectivity index (χ4n) is 2.34. The fraction of sp³-hybridized carbons (Fsp3) is 0.400. The standard InChI is InChI=1S/C15H19BrClN3/c1-4-5-18-14(15-13(17)9-19-20(15)3)11-6-10(2)7-12(16)8-11/h6-9,14,18H,4-5H2,1-3H3. The Balaban J connectivity index is 2.47. The molecular weight excluding hydrogens is 338 g/mol. The van der Waals surface area contributed by atoms with Crippen molar-refractivity contribution in [3.05, 3.63) is 50.7 Å². The van der Waals surface area contributed by atoms with E-state index in [1.165, 1.54) is 11.1 Å². The van der Waals surface area contributed by atoms with E-state index in [0.29, 0.717) is 5.02 Å². The van der Waals surface area contributed by atoms with E-state index in [1.54, 1.807) is 6.20 Å². The molecule has 1 atom stereocenters. The van der Waals surface area contributed by atoms with E-state index in [1.807, 2.05) is 11.7 Å². The first-order valence-corrected chi connectivity index (χ1v) is 7.88. The van der Waals surface area contributed by atoms with Crippen LogP contribution in [0.15, 0.2) is 28.9 Å². The summed E-state index contributed by atoms with van der Waals surface area (Å²) in [6.45, 7) is 5.18. The maximum Gasteiger partial charge on any atom is 0.0837 e. The molecule has 108 valence electrons. The lowest BCUT2D eigenvalue weighted by molar-refractivity contribution is 0.553. The van der Waals surface area contributed by atoms with Crippen molar-refractivity contribution in [1.82, 2.24) is 15.1 Å². The predicted molar refractivity (Wildman–Crippen MR) is 87.2 cm³/mol. The van der Waals surface area contributed by atoms with Gasteiger partial charge in [0.05, 0.1) is 23.0 Å². The number of hydrogen-bond acceptors (Lipinski definition) is 2. The minimum Gasteiger partial charge on any atom is -0.305 e. The number of rotatable bonds is 5. The Hall–Kier alpha value is -0.840. The van der Waals surface area contributed by atoms with Crippen molar-refractivity contribution >= 4 is 27.5 Å². The summed E-state index contributed by atoms with van der Waals surface area (Å²) in [4.78, 5) is 0. The van der Waals surface area contributed by atoms with Crippen molar-refractivity contribution in [2.75, 3.05) is 6.54 Å². The molecule has 0 saturated heterocycles. The normalized spacial score (nSPS) is 12.7. The van der Waals surface area contributed by atoms with E-state index in [2.05, 4.69) is 58.4 Å². The molecule has 0 radical (unpaired) electrons. The molecule has 0 aliphatic carbocycles. The van der Waals surface area contributed by atoms with Gasteiger partial charge in [0.15, 0.2) is 0 Å². The summed E-state index contributed by atoms with van der Waals surface area (Å²) in [7, 11) is 1.92. The maximum atomic E-state index is 6.31. The van der Waals surface area contributed by atoms with E-state index in [9.17, 15) is 0 Å². The first kappa shape index (κ1) is 15.5. The molecule has 2 rings (SSSR count). The predicted octanol–water partition coefficient (Wildman–Crippen LogP) is 4.23. The van der Waals surface area contributed by atoms with Gasteiger partial charge in [0.2, 0.25) is 0 Å². The summed E-state index contributed by atoms with van der Waals surface area (Å²) in [5.74, 6) is 0. The lowest BCUT2D eigenvalue weighted by Crippen LogP contribution is -2.25. The molecule has 1 N–H and O–H groups in total. The third-order valence-electron chi connectivity index (χ3n) is 3.21. The minimum atomic E-state index is 0.0474. The van der Waals surface area contributed by atoms with Crippen LogP contribution in [0.2, 0.25) is 5.02 Å². The lowest BCUT2D eigenvalue weighted by atomic mass is 10.0. The highest BCUT2D eigenvalue weighted by Gasteiger charge is 2.21. The molecule has 0 bridgehead atoms. The Morgan fingerprint density at radius 3 is 2.70 bits per heavy atom. The van der Waals surface area contributed by atoms with Crippen molar-refractivity contribution < 1.29 is 0 Å². The number of halogens is 2. The van der Waals surface area contributed by atoms with Gasteiger partial charge in [0, 0.05) is 11.5 Å². The number of aromatic nitrogens is 2. The van der Waals surface area contributed by atoms with Crippen molar-refractivity contribution in [2.45, 2.75) is 26.3 Å². The maximum absolute atomic E-state index is 6.31. The average Bonchev–Trinajstić information content (AvgIpc) is 2.70. The van der Waals surface area contributed by atoms with E-state index in [-0.39, 0.29) is 6.04 Å². The zero-order chi connectivity index (χ0) is 14.7. The fourth-order valence-corrected chi connectivity index (χ4v) is 3.24. The number of nitrogens with one attached hydrogen (secondary N) is 1. The molecule has 20 heavy (non-hydrogen) atoms. The monoisotopic (exact) mass is 355 g/mol. The van der Waals surface area contributed by atoms with Crippen molar-refractivity contribution in [3.63, 3.8) is 0 Å². The topological polar surface area (TPSA) is 29.9 Å². The number of benzene rings is 1. The van der Waals surface area contributed by atoms with E-state index in [0.717, 1.165) is 23.1 Å². The summed E-state index contributed by atoms with van der Waals surface area (Å²) in [5.41, 5.74) is 3.41. The smallest absolute Gasteiger partial charge is 0.0837 e. The lowest BCUT2D eigenvalue weighted by Gasteiger charge is -2.21. The van der Waals surface area contributed by atoms with Gasteiger partial charge < -0.3 is 5.32 Å². The van der Waals surface area contributed by atoms with Crippen LogP contribution in [0.5, 0.6) is 0 Å². The van der Waals surface area contributed by atoms with Gasteiger partial charge in [-0.05, 0) is 43.1 Å². The highest BCUT2D eigenvalue weighted by Crippen LogP contribution is 2.30. The molecule has 0 spiro atoms. The minimum absolute atomic E-state index is 0.0474. The van der Waals surface area contributed by atoms with Crippen LogP contribution in [0, 0.1) is 6.92 Å². The van der Waals surface area contributed by atoms with Gasteiger partial charge in [-0.1, -0.05) is 40.5 Å². The van der Waals surface area contributed by atoms with Crippen LogP contribution in [0.1, 0.15) is 36.2 Å². The summed E-state index contributed by atoms with van der Waals surface area (Å²) in [6, 6.07) is 6.46. The van der Waals surface area contributed by atoms with Crippen LogP contribution in [-0.2, 0) is 7.05 Å². The number of hydrogen-bond donors (Lipinski definition) is 1. The first-order chi connectivity index (χ1) is 9.52. The van der Waals surface area contributed by atoms with Crippen LogP contribution < -0.4 is 5.32 Å². The zero-order valence-electron chi connectivity index (χ0n) is 12.0. The number of aryl methyl sites for hydroxylation is 2. The van der Waals surface area contributed by atoms with Crippen molar-refractivity contribution in [2.24, 2.45) is 7.05 Å². The van der Waals surface area contributed by atoms with Gasteiger partial charge in [0.25, 0.3) is 0 Å². The molecule has 5 heteroatoms. The van der Waals surface area contributed by atoms with Crippen molar-refractivity contribution in [3.8, 4) is 0 Å². The summed E-state index contributed by atoms with van der Waals surface area (Å²) < 4.78 is 2.92. The second-order valence-corrected chi connectivity index (χ2v) is 6.27. The molecule has 0 aliphatic rings. The molecule has 3 nitrogen and oxygen atoms in total. The second kappa shape index (κ2) is 6.74. The second-order valence-electron chi connectivity index (χ2n) is 4.95. The Kier molecular flexibility index (Phi) is 5.24. The Morgan fingerprint density at radius 2 is 2.15 bits per heavy atom. The van der Waals surface area contributed by atoms with Gasteiger partial charge in [-0.2, -0.15) is 5.10 Å². The first-order valence-electron chi connectivity index (χ1n) is 6.70. The third kappa shape index (κ3) is 3.43. The summed E-state index contributed by atoms with van der Waals surface area (Å²) in [6.07, 6.45) is 2.77. The molecule has 1 aromatic carbocycles. The molecule has 0 amide bonds. The highest BCUT2D eigenvalue weighted by atomic mass is 79.9. The summed E-state index contributed by atoms with van der Waals surface area (Å²) >= 11 is 9.88. The zero-order valence-corrected chi connectivity index (χ0v) is 14.3. The SMILES string of the molecule is CCCNC(c1cc(C)cc(Br)c1)c1c(Cl)cnn1C. The van der Waals surface area contributed by atoms with E-state index >= 15 is 0 Å². The van der Waals surface area contributed by atoms with Crippen LogP contribution in [0.4, 0.5) is 0 Å². The van der Waals surface area contributed by atoms with E-state index in [4.69, 9.17) is 11.6 Å². The van der Waals surface area contributed by atoms with Crippen LogP contribution >= 0.6 is 27.5 Å². The van der Waals surface area contributed by atoms with Crippen LogP contribution in [0.25, 0.3) is 0 Å². The van der Waals surface area contributed by atoms with E-state index < -0.39 is 0 Å². The highest BCUT2D eigenvalue weighted by molar-refractivity contribution is 9.10. The average molecular weight is 357 g/mol. The molecule has 0 saturated carbocycles. The molecule has 1 unspecified atom stereocenters. The third-order valence-corrected chi connectivity index (χ3v) is 3.96. The molecule has 2 aromatic rings. The Bertz CT molecular complexity index is 555. The molecular formula is C15H19BrClN3. The molecule has 1 heterocycles. The van der Waals surface area contributed by atoms with Gasteiger partial charge in [-0.25, -0.2) is 0 Å². The van der Waals surface area contributed by atoms with Crippen molar-refractivity contribution in [1.29, 1.82) is 0 Å². The van der Waals surface area contributed by atoms with Gasteiger partial charge in [-0.15, -0.1) is 0 Å². The largest absolute Gasteiger partial charge is 0.305 e. The van der Waals surface area contributed by atoms with Gasteiger partial charge in [0.1, 0.15) is 0 Å². The Morgan fingerprint density at radius 1 is 1.40 bits per heavy atom. The van der Waals surface area contributed by atoms with Crippen LogP contribution in [-0.4, -0.2) is 16.3 Å². The van der Waals surface area contributed by atoms with Gasteiger partial charge >= 0.3 is 0 Å². The Labute approximate surface area is 133 Å². The summed E-state index contributed by atoms with van der Waals surface area (Å²) in [5, 5.41) is 8.50.